The number of rotatable bonds is 2. The molecule has 3 aromatic heterocycles. The lowest BCUT2D eigenvalue weighted by molar-refractivity contribution is 0.0966. The van der Waals surface area contributed by atoms with Crippen LogP contribution in [0.1, 0.15) is 40.6 Å². The standard InChI is InChI=1S/C18H18N6O/c25-18-16-13(11-20-18)19-7-4-14(16)23-9-5-12(6-10-23)17-22-21-15-3-1-2-8-24(15)17/h1-4,7-8,12H,5-6,9-11H2,(H,20,25). The number of anilines is 1. The van der Waals surface area contributed by atoms with Crippen molar-refractivity contribution in [3.63, 3.8) is 0 Å². The summed E-state index contributed by atoms with van der Waals surface area (Å²) in [7, 11) is 0. The van der Waals surface area contributed by atoms with Crippen LogP contribution in [0.2, 0.25) is 0 Å². The Labute approximate surface area is 144 Å². The van der Waals surface area contributed by atoms with Crippen LogP contribution in [0.15, 0.2) is 36.7 Å². The Kier molecular flexibility index (Phi) is 3.19. The fourth-order valence-corrected chi connectivity index (χ4v) is 3.91. The van der Waals surface area contributed by atoms with Gasteiger partial charge >= 0.3 is 0 Å². The molecule has 1 fully saturated rings. The topological polar surface area (TPSA) is 75.4 Å². The molecule has 0 bridgehead atoms. The number of hydrogen-bond donors (Lipinski definition) is 1. The summed E-state index contributed by atoms with van der Waals surface area (Å²) in [4.78, 5) is 18.7. The van der Waals surface area contributed by atoms with E-state index >= 15 is 0 Å². The van der Waals surface area contributed by atoms with Crippen LogP contribution in [0.3, 0.4) is 0 Å². The highest BCUT2D eigenvalue weighted by molar-refractivity contribution is 6.03. The second-order valence-corrected chi connectivity index (χ2v) is 6.58. The lowest BCUT2D eigenvalue weighted by Crippen LogP contribution is -2.34. The van der Waals surface area contributed by atoms with Crippen LogP contribution >= 0.6 is 0 Å². The van der Waals surface area contributed by atoms with Crippen LogP contribution in [0.4, 0.5) is 5.69 Å². The predicted octanol–water partition coefficient (Wildman–Crippen LogP) is 1.75. The molecule has 0 aliphatic carbocycles. The number of carbonyl (C=O) groups is 1. The highest BCUT2D eigenvalue weighted by Crippen LogP contribution is 2.33. The first-order valence-corrected chi connectivity index (χ1v) is 8.62. The summed E-state index contributed by atoms with van der Waals surface area (Å²) in [6, 6.07) is 7.92. The minimum absolute atomic E-state index is 0.0105. The molecular weight excluding hydrogens is 316 g/mol. The van der Waals surface area contributed by atoms with Gasteiger partial charge in [0.1, 0.15) is 5.82 Å². The number of aromatic nitrogens is 4. The largest absolute Gasteiger partial charge is 0.371 e. The number of amides is 1. The number of fused-ring (bicyclic) bond motifs is 2. The van der Waals surface area contributed by atoms with Crippen molar-refractivity contribution in [2.45, 2.75) is 25.3 Å². The van der Waals surface area contributed by atoms with Gasteiger partial charge in [0.15, 0.2) is 5.65 Å². The van der Waals surface area contributed by atoms with Crippen LogP contribution in [0.5, 0.6) is 0 Å². The first-order chi connectivity index (χ1) is 12.3. The van der Waals surface area contributed by atoms with Crippen LogP contribution in [-0.2, 0) is 6.54 Å². The number of pyridine rings is 2. The number of nitrogens with zero attached hydrogens (tertiary/aromatic N) is 5. The summed E-state index contributed by atoms with van der Waals surface area (Å²) in [6.07, 6.45) is 5.81. The molecule has 7 heteroatoms. The van der Waals surface area contributed by atoms with Crippen molar-refractivity contribution in [2.75, 3.05) is 18.0 Å². The average Bonchev–Trinajstić information content (AvgIpc) is 3.26. The smallest absolute Gasteiger partial charge is 0.255 e. The lowest BCUT2D eigenvalue weighted by atomic mass is 9.95. The number of hydrogen-bond acceptors (Lipinski definition) is 5. The molecule has 2 aliphatic heterocycles. The molecule has 126 valence electrons. The Morgan fingerprint density at radius 3 is 2.88 bits per heavy atom. The van der Waals surface area contributed by atoms with E-state index < -0.39 is 0 Å². The van der Waals surface area contributed by atoms with Gasteiger partial charge in [-0.15, -0.1) is 10.2 Å². The highest BCUT2D eigenvalue weighted by Gasteiger charge is 2.30. The third-order valence-corrected chi connectivity index (χ3v) is 5.19. The Morgan fingerprint density at radius 1 is 1.12 bits per heavy atom. The lowest BCUT2D eigenvalue weighted by Gasteiger charge is -2.33. The molecule has 25 heavy (non-hydrogen) atoms. The van der Waals surface area contributed by atoms with Gasteiger partial charge in [0, 0.05) is 31.4 Å². The Morgan fingerprint density at radius 2 is 2.00 bits per heavy atom. The van der Waals surface area contributed by atoms with Crippen molar-refractivity contribution in [1.29, 1.82) is 0 Å². The quantitative estimate of drug-likeness (QED) is 0.773. The zero-order valence-electron chi connectivity index (χ0n) is 13.7. The van der Waals surface area contributed by atoms with E-state index in [9.17, 15) is 4.79 Å². The fraction of sp³-hybridized carbons (Fsp3) is 0.333. The Balaban J connectivity index is 1.39. The minimum atomic E-state index is -0.0105. The maximum absolute atomic E-state index is 12.1. The van der Waals surface area contributed by atoms with E-state index in [0.29, 0.717) is 12.5 Å². The van der Waals surface area contributed by atoms with Gasteiger partial charge in [-0.1, -0.05) is 6.07 Å². The van der Waals surface area contributed by atoms with E-state index in [4.69, 9.17) is 0 Å². The van der Waals surface area contributed by atoms with E-state index in [-0.39, 0.29) is 5.91 Å². The molecule has 0 radical (unpaired) electrons. The van der Waals surface area contributed by atoms with E-state index in [2.05, 4.69) is 29.8 Å². The highest BCUT2D eigenvalue weighted by atomic mass is 16.2. The Bertz CT molecular complexity index is 957. The maximum Gasteiger partial charge on any atom is 0.255 e. The van der Waals surface area contributed by atoms with Gasteiger partial charge < -0.3 is 10.2 Å². The predicted molar refractivity (Wildman–Crippen MR) is 92.6 cm³/mol. The zero-order chi connectivity index (χ0) is 16.8. The molecule has 2 aliphatic rings. The summed E-state index contributed by atoms with van der Waals surface area (Å²) in [6.45, 7) is 2.33. The molecule has 0 saturated carbocycles. The van der Waals surface area contributed by atoms with E-state index in [0.717, 1.165) is 54.3 Å². The van der Waals surface area contributed by atoms with E-state index in [1.807, 2.05) is 30.5 Å². The van der Waals surface area contributed by atoms with Gasteiger partial charge in [0.25, 0.3) is 5.91 Å². The van der Waals surface area contributed by atoms with Crippen LogP contribution in [-0.4, -0.2) is 38.6 Å². The summed E-state index contributed by atoms with van der Waals surface area (Å²) in [5, 5.41) is 11.5. The monoisotopic (exact) mass is 334 g/mol. The summed E-state index contributed by atoms with van der Waals surface area (Å²) in [5.41, 5.74) is 3.50. The second-order valence-electron chi connectivity index (χ2n) is 6.58. The van der Waals surface area contributed by atoms with Crippen molar-refractivity contribution in [1.82, 2.24) is 24.9 Å². The SMILES string of the molecule is O=C1NCc2nccc(N3CCC(c4nnc5ccccn45)CC3)c21. The number of nitrogens with one attached hydrogen (secondary N) is 1. The summed E-state index contributed by atoms with van der Waals surface area (Å²) < 4.78 is 2.08. The molecule has 1 N–H and O–H groups in total. The van der Waals surface area contributed by atoms with Crippen LogP contribution in [0.25, 0.3) is 5.65 Å². The second kappa shape index (κ2) is 5.54. The third kappa shape index (κ3) is 2.26. The number of carbonyl (C=O) groups excluding carboxylic acids is 1. The molecule has 5 heterocycles. The first kappa shape index (κ1) is 14.4. The molecule has 1 amide bonds. The van der Waals surface area contributed by atoms with Crippen molar-refractivity contribution < 1.29 is 4.79 Å². The van der Waals surface area contributed by atoms with Crippen molar-refractivity contribution in [2.24, 2.45) is 0 Å². The van der Waals surface area contributed by atoms with Crippen LogP contribution < -0.4 is 10.2 Å². The molecule has 1 saturated heterocycles. The molecule has 7 nitrogen and oxygen atoms in total. The van der Waals surface area contributed by atoms with Crippen LogP contribution in [0, 0.1) is 0 Å². The molecule has 0 atom stereocenters. The van der Waals surface area contributed by atoms with Gasteiger partial charge in [-0.2, -0.15) is 0 Å². The van der Waals surface area contributed by atoms with Gasteiger partial charge in [0.05, 0.1) is 23.5 Å². The number of piperidine rings is 1. The maximum atomic E-state index is 12.1. The van der Waals surface area contributed by atoms with Crippen molar-refractivity contribution >= 4 is 17.2 Å². The van der Waals surface area contributed by atoms with E-state index in [1.54, 1.807) is 6.20 Å². The van der Waals surface area contributed by atoms with Crippen molar-refractivity contribution in [3.8, 4) is 0 Å². The van der Waals surface area contributed by atoms with Crippen molar-refractivity contribution in [3.05, 3.63) is 53.7 Å². The molecular formula is C18H18N6O. The summed E-state index contributed by atoms with van der Waals surface area (Å²) >= 11 is 0. The molecule has 5 rings (SSSR count). The van der Waals surface area contributed by atoms with Gasteiger partial charge in [-0.25, -0.2) is 0 Å². The van der Waals surface area contributed by atoms with Gasteiger partial charge in [-0.3, -0.25) is 14.2 Å². The zero-order valence-corrected chi connectivity index (χ0v) is 13.7. The van der Waals surface area contributed by atoms with E-state index in [1.165, 1.54) is 0 Å². The fourth-order valence-electron chi connectivity index (χ4n) is 3.91. The minimum Gasteiger partial charge on any atom is -0.371 e. The molecule has 0 spiro atoms. The van der Waals surface area contributed by atoms with Gasteiger partial charge in [-0.05, 0) is 31.0 Å². The van der Waals surface area contributed by atoms with Gasteiger partial charge in [0.2, 0.25) is 0 Å². The Hall–Kier alpha value is -2.96. The first-order valence-electron chi connectivity index (χ1n) is 8.62. The third-order valence-electron chi connectivity index (χ3n) is 5.19. The normalized spacial score (nSPS) is 17.8. The molecule has 0 unspecified atom stereocenters. The molecule has 3 aromatic rings. The summed E-state index contributed by atoms with van der Waals surface area (Å²) in [5.74, 6) is 1.41. The average molecular weight is 334 g/mol. The molecule has 0 aromatic carbocycles.